The van der Waals surface area contributed by atoms with Gasteiger partial charge in [-0.25, -0.2) is 0 Å². The van der Waals surface area contributed by atoms with Crippen LogP contribution in [0, 0.1) is 0 Å². The van der Waals surface area contributed by atoms with Gasteiger partial charge in [-0.15, -0.1) is 11.3 Å². The van der Waals surface area contributed by atoms with E-state index < -0.39 is 0 Å². The van der Waals surface area contributed by atoms with Crippen molar-refractivity contribution in [2.45, 2.75) is 38.3 Å². The predicted molar refractivity (Wildman–Crippen MR) is 75.3 cm³/mol. The Balaban J connectivity index is 1.83. The predicted octanol–water partition coefficient (Wildman–Crippen LogP) is 2.46. The van der Waals surface area contributed by atoms with Crippen molar-refractivity contribution in [3.8, 4) is 0 Å². The fraction of sp³-hybridized carbons (Fsp3) is 0.714. The van der Waals surface area contributed by atoms with E-state index in [1.807, 2.05) is 11.3 Å². The van der Waals surface area contributed by atoms with Crippen molar-refractivity contribution in [3.63, 3.8) is 0 Å². The Morgan fingerprint density at radius 1 is 1.50 bits per heavy atom. The topological polar surface area (TPSA) is 30.5 Å². The fourth-order valence-corrected chi connectivity index (χ4v) is 2.96. The van der Waals surface area contributed by atoms with Gasteiger partial charge in [-0.05, 0) is 37.3 Å². The standard InChI is InChI=1S/C14H23NO2S/c1-2-7-15-13(14-11-16-8-9-17-14)6-5-12-4-3-10-18-12/h3-4,10,13-15H,2,5-9,11H2,1H3. The van der Waals surface area contributed by atoms with E-state index in [0.717, 1.165) is 45.6 Å². The summed E-state index contributed by atoms with van der Waals surface area (Å²) in [5.41, 5.74) is 0. The van der Waals surface area contributed by atoms with E-state index in [1.165, 1.54) is 4.88 Å². The second kappa shape index (κ2) is 7.89. The molecule has 0 aliphatic carbocycles. The van der Waals surface area contributed by atoms with Crippen molar-refractivity contribution in [2.75, 3.05) is 26.4 Å². The van der Waals surface area contributed by atoms with E-state index in [1.54, 1.807) is 0 Å². The van der Waals surface area contributed by atoms with Crippen molar-refractivity contribution >= 4 is 11.3 Å². The van der Waals surface area contributed by atoms with E-state index in [0.29, 0.717) is 6.04 Å². The molecule has 0 spiro atoms. The van der Waals surface area contributed by atoms with Crippen LogP contribution in [0.3, 0.4) is 0 Å². The summed E-state index contributed by atoms with van der Waals surface area (Å²) in [6, 6.07) is 4.74. The van der Waals surface area contributed by atoms with Crippen LogP contribution in [-0.2, 0) is 15.9 Å². The normalized spacial score (nSPS) is 21.9. The minimum atomic E-state index is 0.213. The molecule has 0 radical (unpaired) electrons. The van der Waals surface area contributed by atoms with Gasteiger partial charge in [0.15, 0.2) is 0 Å². The Bertz CT molecular complexity index is 310. The first-order valence-corrected chi connectivity index (χ1v) is 7.73. The van der Waals surface area contributed by atoms with Gasteiger partial charge in [0.2, 0.25) is 0 Å². The first-order chi connectivity index (χ1) is 8.90. The van der Waals surface area contributed by atoms with Crippen molar-refractivity contribution < 1.29 is 9.47 Å². The molecule has 1 fully saturated rings. The fourth-order valence-electron chi connectivity index (χ4n) is 2.24. The number of ether oxygens (including phenoxy) is 2. The number of hydrogen-bond acceptors (Lipinski definition) is 4. The molecule has 2 unspecified atom stereocenters. The zero-order valence-corrected chi connectivity index (χ0v) is 11.9. The lowest BCUT2D eigenvalue weighted by molar-refractivity contribution is -0.102. The van der Waals surface area contributed by atoms with Crippen LogP contribution in [0.15, 0.2) is 17.5 Å². The first kappa shape index (κ1) is 14.0. The third-order valence-corrected chi connectivity index (χ3v) is 4.17. The summed E-state index contributed by atoms with van der Waals surface area (Å²) in [4.78, 5) is 1.45. The second-order valence-electron chi connectivity index (χ2n) is 4.66. The quantitative estimate of drug-likeness (QED) is 0.825. The molecule has 1 N–H and O–H groups in total. The lowest BCUT2D eigenvalue weighted by Gasteiger charge is -2.31. The highest BCUT2D eigenvalue weighted by molar-refractivity contribution is 7.09. The molecule has 0 amide bonds. The highest BCUT2D eigenvalue weighted by atomic mass is 32.1. The number of thiophene rings is 1. The number of nitrogens with one attached hydrogen (secondary N) is 1. The van der Waals surface area contributed by atoms with Crippen LogP contribution < -0.4 is 5.32 Å². The van der Waals surface area contributed by atoms with Gasteiger partial charge in [-0.3, -0.25) is 0 Å². The monoisotopic (exact) mass is 269 g/mol. The number of rotatable bonds is 7. The molecule has 2 rings (SSSR count). The van der Waals surface area contributed by atoms with Gasteiger partial charge in [-0.2, -0.15) is 0 Å². The van der Waals surface area contributed by atoms with Crippen molar-refractivity contribution in [3.05, 3.63) is 22.4 Å². The van der Waals surface area contributed by atoms with E-state index in [2.05, 4.69) is 29.8 Å². The lowest BCUT2D eigenvalue weighted by atomic mass is 10.0. The van der Waals surface area contributed by atoms with E-state index in [9.17, 15) is 0 Å². The Morgan fingerprint density at radius 3 is 3.11 bits per heavy atom. The van der Waals surface area contributed by atoms with Crippen molar-refractivity contribution in [1.82, 2.24) is 5.32 Å². The molecule has 2 heterocycles. The summed E-state index contributed by atoms with van der Waals surface area (Å²) >= 11 is 1.84. The molecule has 1 aliphatic rings. The molecule has 0 bridgehead atoms. The average molecular weight is 269 g/mol. The highest BCUT2D eigenvalue weighted by Crippen LogP contribution is 2.16. The molecule has 18 heavy (non-hydrogen) atoms. The molecule has 0 saturated carbocycles. The Labute approximate surface area is 113 Å². The third-order valence-electron chi connectivity index (χ3n) is 3.23. The molecule has 3 nitrogen and oxygen atoms in total. The molecule has 4 heteroatoms. The summed E-state index contributed by atoms with van der Waals surface area (Å²) in [7, 11) is 0. The first-order valence-electron chi connectivity index (χ1n) is 6.85. The van der Waals surface area contributed by atoms with Crippen LogP contribution in [0.2, 0.25) is 0 Å². The van der Waals surface area contributed by atoms with Crippen molar-refractivity contribution in [2.24, 2.45) is 0 Å². The minimum Gasteiger partial charge on any atom is -0.376 e. The minimum absolute atomic E-state index is 0.213. The SMILES string of the molecule is CCCNC(CCc1cccs1)C1COCCO1. The zero-order chi connectivity index (χ0) is 12.6. The largest absolute Gasteiger partial charge is 0.376 e. The molecule has 1 saturated heterocycles. The van der Waals surface area contributed by atoms with Gasteiger partial charge in [0.25, 0.3) is 0 Å². The number of hydrogen-bond donors (Lipinski definition) is 1. The summed E-state index contributed by atoms with van der Waals surface area (Å²) in [6.07, 6.45) is 3.61. The average Bonchev–Trinajstić information content (AvgIpc) is 2.93. The van der Waals surface area contributed by atoms with Crippen molar-refractivity contribution in [1.29, 1.82) is 0 Å². The summed E-state index contributed by atoms with van der Waals surface area (Å²) in [6.45, 7) is 5.44. The molecule has 102 valence electrons. The molecule has 1 aliphatic heterocycles. The number of aryl methyl sites for hydroxylation is 1. The molecule has 0 aromatic carbocycles. The van der Waals surface area contributed by atoms with Crippen LogP contribution in [0.1, 0.15) is 24.6 Å². The summed E-state index contributed by atoms with van der Waals surface area (Å²) in [5, 5.41) is 5.74. The van der Waals surface area contributed by atoms with Crippen LogP contribution in [0.4, 0.5) is 0 Å². The van der Waals surface area contributed by atoms with Crippen LogP contribution in [0.5, 0.6) is 0 Å². The Kier molecular flexibility index (Phi) is 6.14. The lowest BCUT2D eigenvalue weighted by Crippen LogP contribution is -2.47. The smallest absolute Gasteiger partial charge is 0.0962 e. The third kappa shape index (κ3) is 4.35. The maximum absolute atomic E-state index is 5.82. The van der Waals surface area contributed by atoms with Crippen LogP contribution in [0.25, 0.3) is 0 Å². The van der Waals surface area contributed by atoms with Gasteiger partial charge in [0.05, 0.1) is 25.9 Å². The van der Waals surface area contributed by atoms with Crippen LogP contribution >= 0.6 is 11.3 Å². The Morgan fingerprint density at radius 2 is 2.44 bits per heavy atom. The van der Waals surface area contributed by atoms with E-state index in [4.69, 9.17) is 9.47 Å². The van der Waals surface area contributed by atoms with Gasteiger partial charge in [0, 0.05) is 10.9 Å². The van der Waals surface area contributed by atoms with Gasteiger partial charge in [0.1, 0.15) is 0 Å². The van der Waals surface area contributed by atoms with E-state index in [-0.39, 0.29) is 6.10 Å². The summed E-state index contributed by atoms with van der Waals surface area (Å²) < 4.78 is 11.3. The maximum Gasteiger partial charge on any atom is 0.0962 e. The van der Waals surface area contributed by atoms with Gasteiger partial charge >= 0.3 is 0 Å². The zero-order valence-electron chi connectivity index (χ0n) is 11.1. The maximum atomic E-state index is 5.82. The molecular formula is C14H23NO2S. The molecular weight excluding hydrogens is 246 g/mol. The second-order valence-corrected chi connectivity index (χ2v) is 5.70. The van der Waals surface area contributed by atoms with Gasteiger partial charge in [-0.1, -0.05) is 13.0 Å². The van der Waals surface area contributed by atoms with Crippen LogP contribution in [-0.4, -0.2) is 38.5 Å². The molecule has 1 aromatic rings. The van der Waals surface area contributed by atoms with Gasteiger partial charge < -0.3 is 14.8 Å². The van der Waals surface area contributed by atoms with E-state index >= 15 is 0 Å². The highest BCUT2D eigenvalue weighted by Gasteiger charge is 2.24. The Hall–Kier alpha value is -0.420. The summed E-state index contributed by atoms with van der Waals surface area (Å²) in [5.74, 6) is 0. The molecule has 1 aromatic heterocycles. The molecule has 2 atom stereocenters.